The molecule has 2 amide bonds. The lowest BCUT2D eigenvalue weighted by Crippen LogP contribution is -2.41. The van der Waals surface area contributed by atoms with Crippen LogP contribution in [0.1, 0.15) is 34.5 Å². The monoisotopic (exact) mass is 902 g/mol. The molecule has 14 nitrogen and oxygen atoms in total. The fraction of sp³-hybridized carbons (Fsp3) is 0.174. The number of rotatable bonds is 10. The van der Waals surface area contributed by atoms with Gasteiger partial charge >= 0.3 is 0 Å². The molecule has 0 aliphatic carbocycles. The van der Waals surface area contributed by atoms with E-state index >= 15 is 0 Å². The first-order chi connectivity index (χ1) is 31.0. The normalized spacial score (nSPS) is 12.8. The summed E-state index contributed by atoms with van der Waals surface area (Å²) in [6, 6.07) is 20.9. The molecule has 2 N–H and O–H groups in total. The summed E-state index contributed by atoms with van der Waals surface area (Å²) in [7, 11) is 3.01. The van der Waals surface area contributed by atoms with Crippen molar-refractivity contribution in [1.82, 2.24) is 44.8 Å². The molecule has 5 heterocycles. The number of pyridine rings is 1. The Morgan fingerprint density at radius 3 is 2.50 bits per heavy atom. The van der Waals surface area contributed by atoms with E-state index in [0.717, 1.165) is 22.2 Å². The molecule has 9 rings (SSSR count). The topological polar surface area (TPSA) is 162 Å². The van der Waals surface area contributed by atoms with Crippen molar-refractivity contribution in [2.45, 2.75) is 25.4 Å². The third-order valence-electron chi connectivity index (χ3n) is 10.5. The lowest BCUT2D eigenvalue weighted by Gasteiger charge is -2.31. The summed E-state index contributed by atoms with van der Waals surface area (Å²) in [4.78, 5) is 46.9. The van der Waals surface area contributed by atoms with Gasteiger partial charge in [0.05, 0.1) is 57.5 Å². The minimum absolute atomic E-state index is 0.0191. The van der Waals surface area contributed by atoms with Crippen LogP contribution >= 0.6 is 23.2 Å². The smallest absolute Gasteiger partial charge is 0.253 e. The zero-order valence-corrected chi connectivity index (χ0v) is 35.9. The largest absolute Gasteiger partial charge is 0.493 e. The van der Waals surface area contributed by atoms with Crippen LogP contribution in [0.2, 0.25) is 10.0 Å². The Morgan fingerprint density at radius 2 is 1.73 bits per heavy atom. The van der Waals surface area contributed by atoms with Gasteiger partial charge in [-0.1, -0.05) is 48.0 Å². The van der Waals surface area contributed by atoms with Gasteiger partial charge in [0.2, 0.25) is 5.91 Å². The van der Waals surface area contributed by atoms with E-state index in [4.69, 9.17) is 32.7 Å². The van der Waals surface area contributed by atoms with Gasteiger partial charge in [0.25, 0.3) is 11.7 Å². The average molecular weight is 904 g/mol. The number of nitrogens with one attached hydrogen (secondary N) is 2. The number of hydrogen-bond donors (Lipinski definition) is 2. The summed E-state index contributed by atoms with van der Waals surface area (Å²) in [5.74, 6) is -0.00778. The lowest BCUT2D eigenvalue weighted by atomic mass is 10.1. The summed E-state index contributed by atoms with van der Waals surface area (Å²) in [5, 5.41) is 11.6. The Balaban J connectivity index is 0.000000175. The maximum atomic E-state index is 14.6. The number of piperidine rings is 1. The van der Waals surface area contributed by atoms with Crippen LogP contribution in [0.4, 0.5) is 20.3 Å². The highest BCUT2D eigenvalue weighted by Gasteiger charge is 2.24. The molecule has 64 heavy (non-hydrogen) atoms. The molecule has 1 saturated heterocycles. The Bertz CT molecular complexity index is 3070. The van der Waals surface area contributed by atoms with Gasteiger partial charge in [-0.15, -0.1) is 0 Å². The minimum atomic E-state index is -0.679. The van der Waals surface area contributed by atoms with E-state index in [1.165, 1.54) is 43.7 Å². The van der Waals surface area contributed by atoms with Crippen molar-refractivity contribution < 1.29 is 27.8 Å². The van der Waals surface area contributed by atoms with Crippen molar-refractivity contribution >= 4 is 74.1 Å². The maximum Gasteiger partial charge on any atom is 0.253 e. The summed E-state index contributed by atoms with van der Waals surface area (Å²) in [6.45, 7) is 4.70. The van der Waals surface area contributed by atoms with Crippen molar-refractivity contribution in [1.29, 1.82) is 0 Å². The predicted octanol–water partition coefficient (Wildman–Crippen LogP) is 8.81. The van der Waals surface area contributed by atoms with Crippen LogP contribution in [0.3, 0.4) is 0 Å². The summed E-state index contributed by atoms with van der Waals surface area (Å²) < 4.78 is 42.3. The Morgan fingerprint density at radius 1 is 0.922 bits per heavy atom. The second-order valence-corrected chi connectivity index (χ2v) is 15.3. The van der Waals surface area contributed by atoms with Gasteiger partial charge in [-0.2, -0.15) is 5.10 Å². The predicted molar refractivity (Wildman–Crippen MR) is 240 cm³/mol. The van der Waals surface area contributed by atoms with E-state index in [0.29, 0.717) is 77.6 Å². The Labute approximate surface area is 374 Å². The summed E-state index contributed by atoms with van der Waals surface area (Å²) in [6.07, 6.45) is 9.59. The number of ether oxygens (including phenoxy) is 2. The van der Waals surface area contributed by atoms with Gasteiger partial charge in [-0.25, -0.2) is 33.2 Å². The number of benzene rings is 4. The minimum Gasteiger partial charge on any atom is -0.493 e. The molecule has 0 radical (unpaired) electrons. The second-order valence-electron chi connectivity index (χ2n) is 14.5. The number of amides is 2. The highest BCUT2D eigenvalue weighted by Crippen LogP contribution is 2.38. The molecule has 0 spiro atoms. The molecule has 4 aromatic carbocycles. The van der Waals surface area contributed by atoms with Gasteiger partial charge < -0.3 is 25.0 Å². The number of methoxy groups -OCH3 is 1. The second kappa shape index (κ2) is 19.0. The highest BCUT2D eigenvalue weighted by molar-refractivity contribution is 6.42. The molecular formula is C46H38Cl2F2N10O4. The number of anilines is 2. The molecule has 4 aromatic heterocycles. The molecular weight excluding hydrogens is 865 g/mol. The lowest BCUT2D eigenvalue weighted by molar-refractivity contribution is -0.127. The quantitative estimate of drug-likeness (QED) is 0.0997. The first-order valence-electron chi connectivity index (χ1n) is 19.9. The third-order valence-corrected chi connectivity index (χ3v) is 11.3. The molecule has 8 aromatic rings. The van der Waals surface area contributed by atoms with Crippen LogP contribution in [0.25, 0.3) is 38.8 Å². The SMILES string of the molecule is C=CC(=O)N1CCC(Oc2cc3c(Nc4ccc(Cl)c(Cl)c4F)ncnc3cc2OC)CC1.CNC(=O)c1ccc(-c2cnc3ncc(Cc4ccc5ncccc5c4)n3n2)cc1F. The first kappa shape index (κ1) is 43.4. The zero-order chi connectivity index (χ0) is 44.9. The van der Waals surface area contributed by atoms with Gasteiger partial charge in [-0.3, -0.25) is 14.6 Å². The number of likely N-dealkylation sites (tertiary alicyclic amines) is 1. The van der Waals surface area contributed by atoms with Crippen molar-refractivity contribution in [2.24, 2.45) is 0 Å². The number of halogens is 4. The molecule has 0 atom stereocenters. The van der Waals surface area contributed by atoms with Crippen LogP contribution in [0, 0.1) is 11.6 Å². The molecule has 324 valence electrons. The van der Waals surface area contributed by atoms with Gasteiger partial charge in [0, 0.05) is 68.0 Å². The number of imidazole rings is 1. The van der Waals surface area contributed by atoms with Gasteiger partial charge in [0.15, 0.2) is 17.3 Å². The fourth-order valence-electron chi connectivity index (χ4n) is 7.18. The molecule has 18 heteroatoms. The Hall–Kier alpha value is -7.30. The van der Waals surface area contributed by atoms with E-state index in [2.05, 4.69) is 53.3 Å². The van der Waals surface area contributed by atoms with Gasteiger partial charge in [0.1, 0.15) is 29.8 Å². The van der Waals surface area contributed by atoms with Crippen LogP contribution in [0.5, 0.6) is 11.5 Å². The summed E-state index contributed by atoms with van der Waals surface area (Å²) in [5.41, 5.74) is 4.59. The maximum absolute atomic E-state index is 14.6. The van der Waals surface area contributed by atoms with E-state index in [1.807, 2.05) is 24.3 Å². The molecule has 1 aliphatic heterocycles. The van der Waals surface area contributed by atoms with E-state index in [-0.39, 0.29) is 33.3 Å². The van der Waals surface area contributed by atoms with Crippen molar-refractivity contribution in [3.63, 3.8) is 0 Å². The average Bonchev–Trinajstić information content (AvgIpc) is 3.72. The number of hydrogen-bond acceptors (Lipinski definition) is 11. The van der Waals surface area contributed by atoms with Gasteiger partial charge in [-0.05, 0) is 60.2 Å². The zero-order valence-electron chi connectivity index (χ0n) is 34.4. The number of aromatic nitrogens is 7. The van der Waals surface area contributed by atoms with E-state index in [9.17, 15) is 18.4 Å². The third kappa shape index (κ3) is 9.23. The van der Waals surface area contributed by atoms with Crippen LogP contribution in [-0.2, 0) is 11.2 Å². The summed E-state index contributed by atoms with van der Waals surface area (Å²) >= 11 is 11.8. The van der Waals surface area contributed by atoms with Crippen LogP contribution in [-0.4, -0.2) is 84.6 Å². The molecule has 1 fully saturated rings. The number of carbonyl (C=O) groups is 2. The number of carbonyl (C=O) groups excluding carboxylic acids is 2. The van der Waals surface area contributed by atoms with Crippen molar-refractivity contribution in [3.05, 3.63) is 149 Å². The Kier molecular flexibility index (Phi) is 12.9. The van der Waals surface area contributed by atoms with E-state index in [1.54, 1.807) is 53.3 Å². The first-order valence-corrected chi connectivity index (χ1v) is 20.7. The number of fused-ring (bicyclic) bond motifs is 3. The molecule has 0 saturated carbocycles. The molecule has 0 unspecified atom stereocenters. The highest BCUT2D eigenvalue weighted by atomic mass is 35.5. The van der Waals surface area contributed by atoms with Crippen LogP contribution < -0.4 is 20.1 Å². The molecule has 0 bridgehead atoms. The fourth-order valence-corrected chi connectivity index (χ4v) is 7.49. The van der Waals surface area contributed by atoms with E-state index < -0.39 is 17.5 Å². The standard InChI is InChI=1S/C23H21Cl2FN4O3.C23H17FN6O/c1-3-20(31)30-8-6-13(7-9-30)33-19-10-14-17(11-18(19)32-2)27-12-28-23(14)29-16-5-4-15(24)21(25)22(16)26;1-25-22(31)18-6-5-16(11-19(18)24)21-13-28-23-27-12-17(30(23)29-21)10-14-4-7-20-15(9-14)3-2-8-26-20/h3-5,10-13H,1,6-9H2,2H3,(H,27,28,29);2-9,11-13H,10H2,1H3,(H,25,31). The van der Waals surface area contributed by atoms with Crippen molar-refractivity contribution in [3.8, 4) is 22.8 Å². The van der Waals surface area contributed by atoms with Crippen molar-refractivity contribution in [2.75, 3.05) is 32.6 Å². The van der Waals surface area contributed by atoms with Crippen LogP contribution in [0.15, 0.2) is 110 Å². The number of nitrogens with zero attached hydrogens (tertiary/aromatic N) is 8. The molecule has 1 aliphatic rings.